The highest BCUT2D eigenvalue weighted by atomic mass is 35.5. The third-order valence-electron chi connectivity index (χ3n) is 3.00. The van der Waals surface area contributed by atoms with Crippen molar-refractivity contribution in [3.63, 3.8) is 0 Å². The highest BCUT2D eigenvalue weighted by Gasteiger charge is 2.14. The summed E-state index contributed by atoms with van der Waals surface area (Å²) >= 11 is 5.78. The number of nitrogens with one attached hydrogen (secondary N) is 1. The predicted molar refractivity (Wildman–Crippen MR) is 86.2 cm³/mol. The molecule has 0 aliphatic carbocycles. The number of carbonyl (C=O) groups excluding carboxylic acids is 1. The number of ether oxygens (including phenoxy) is 2. The van der Waals surface area contributed by atoms with Crippen LogP contribution in [0.2, 0.25) is 5.02 Å². The Labute approximate surface area is 137 Å². The third-order valence-corrected chi connectivity index (χ3v) is 3.25. The van der Waals surface area contributed by atoms with Gasteiger partial charge in [0.15, 0.2) is 18.1 Å². The molecule has 0 atom stereocenters. The van der Waals surface area contributed by atoms with E-state index in [0.29, 0.717) is 22.2 Å². The lowest BCUT2D eigenvalue weighted by Crippen LogP contribution is -2.16. The molecule has 2 aromatic carbocycles. The molecule has 7 heteroatoms. The second-order valence-electron chi connectivity index (χ2n) is 4.68. The standard InChI is InChI=1S/C16H13ClN2O4/c17-12-3-1-11(2-4-12)8-18-23-9-16(20)19-13-5-6-14-15(7-13)22-10-21-14/h1-8H,9-10H2,(H,19,20)/b18-8-. The maximum Gasteiger partial charge on any atom is 0.265 e. The molecule has 0 saturated heterocycles. The smallest absolute Gasteiger partial charge is 0.265 e. The first-order valence-corrected chi connectivity index (χ1v) is 7.19. The van der Waals surface area contributed by atoms with Crippen molar-refractivity contribution in [1.82, 2.24) is 0 Å². The third kappa shape index (κ3) is 4.14. The number of hydrogen-bond donors (Lipinski definition) is 1. The van der Waals surface area contributed by atoms with Crippen molar-refractivity contribution in [1.29, 1.82) is 0 Å². The van der Waals surface area contributed by atoms with E-state index in [1.807, 2.05) is 0 Å². The maximum absolute atomic E-state index is 11.8. The van der Waals surface area contributed by atoms with Crippen molar-refractivity contribution in [2.45, 2.75) is 0 Å². The second-order valence-corrected chi connectivity index (χ2v) is 5.11. The van der Waals surface area contributed by atoms with Gasteiger partial charge in [-0.05, 0) is 29.8 Å². The van der Waals surface area contributed by atoms with E-state index in [0.717, 1.165) is 5.56 Å². The lowest BCUT2D eigenvalue weighted by atomic mass is 10.2. The monoisotopic (exact) mass is 332 g/mol. The fraction of sp³-hybridized carbons (Fsp3) is 0.125. The Morgan fingerprint density at radius 1 is 1.22 bits per heavy atom. The topological polar surface area (TPSA) is 69.2 Å². The molecule has 0 bridgehead atoms. The SMILES string of the molecule is O=C(CO/N=C\c1ccc(Cl)cc1)Nc1ccc2c(c1)OCO2. The van der Waals surface area contributed by atoms with Crippen molar-refractivity contribution in [2.24, 2.45) is 5.16 Å². The van der Waals surface area contributed by atoms with Crippen molar-refractivity contribution in [3.8, 4) is 11.5 Å². The summed E-state index contributed by atoms with van der Waals surface area (Å²) in [6.07, 6.45) is 1.50. The number of rotatable bonds is 5. The van der Waals surface area contributed by atoms with Crippen LogP contribution in [0.5, 0.6) is 11.5 Å². The van der Waals surface area contributed by atoms with Gasteiger partial charge in [0.05, 0.1) is 6.21 Å². The van der Waals surface area contributed by atoms with E-state index in [1.54, 1.807) is 42.5 Å². The van der Waals surface area contributed by atoms with Gasteiger partial charge in [0.1, 0.15) is 0 Å². The average Bonchev–Trinajstić information content (AvgIpc) is 3.01. The molecule has 0 fully saturated rings. The lowest BCUT2D eigenvalue weighted by Gasteiger charge is -2.05. The summed E-state index contributed by atoms with van der Waals surface area (Å²) in [4.78, 5) is 16.7. The summed E-state index contributed by atoms with van der Waals surface area (Å²) in [5.41, 5.74) is 1.43. The molecular weight excluding hydrogens is 320 g/mol. The van der Waals surface area contributed by atoms with E-state index in [-0.39, 0.29) is 19.3 Å². The Morgan fingerprint density at radius 3 is 2.83 bits per heavy atom. The molecule has 3 rings (SSSR count). The van der Waals surface area contributed by atoms with Crippen LogP contribution in [0.25, 0.3) is 0 Å². The summed E-state index contributed by atoms with van der Waals surface area (Å²) < 4.78 is 10.4. The molecule has 2 aromatic rings. The maximum atomic E-state index is 11.8. The summed E-state index contributed by atoms with van der Waals surface area (Å²) in [5, 5.41) is 7.07. The number of benzene rings is 2. The molecule has 1 N–H and O–H groups in total. The van der Waals surface area contributed by atoms with E-state index in [1.165, 1.54) is 6.21 Å². The Bertz CT molecular complexity index is 731. The van der Waals surface area contributed by atoms with Crippen LogP contribution in [0, 0.1) is 0 Å². The van der Waals surface area contributed by atoms with Crippen LogP contribution in [0.3, 0.4) is 0 Å². The van der Waals surface area contributed by atoms with E-state index in [2.05, 4.69) is 10.5 Å². The van der Waals surface area contributed by atoms with Gasteiger partial charge in [-0.15, -0.1) is 0 Å². The molecule has 23 heavy (non-hydrogen) atoms. The van der Waals surface area contributed by atoms with E-state index in [4.69, 9.17) is 25.9 Å². The lowest BCUT2D eigenvalue weighted by molar-refractivity contribution is -0.120. The van der Waals surface area contributed by atoms with Crippen molar-refractivity contribution < 1.29 is 19.1 Å². The highest BCUT2D eigenvalue weighted by molar-refractivity contribution is 6.30. The number of nitrogens with zero attached hydrogens (tertiary/aromatic N) is 1. The molecule has 1 heterocycles. The quantitative estimate of drug-likeness (QED) is 0.675. The number of hydrogen-bond acceptors (Lipinski definition) is 5. The molecule has 6 nitrogen and oxygen atoms in total. The van der Waals surface area contributed by atoms with Crippen LogP contribution in [-0.2, 0) is 9.63 Å². The minimum Gasteiger partial charge on any atom is -0.454 e. The Morgan fingerprint density at radius 2 is 2.00 bits per heavy atom. The molecule has 1 aliphatic rings. The summed E-state index contributed by atoms with van der Waals surface area (Å²) in [5.74, 6) is 0.938. The van der Waals surface area contributed by atoms with Crippen molar-refractivity contribution in [2.75, 3.05) is 18.7 Å². The van der Waals surface area contributed by atoms with Gasteiger partial charge in [-0.1, -0.05) is 28.9 Å². The van der Waals surface area contributed by atoms with E-state index >= 15 is 0 Å². The van der Waals surface area contributed by atoms with Gasteiger partial charge >= 0.3 is 0 Å². The van der Waals surface area contributed by atoms with Crippen molar-refractivity contribution in [3.05, 3.63) is 53.1 Å². The number of oxime groups is 1. The van der Waals surface area contributed by atoms with Gasteiger partial charge in [-0.2, -0.15) is 0 Å². The molecule has 1 aliphatic heterocycles. The van der Waals surface area contributed by atoms with Crippen molar-refractivity contribution >= 4 is 29.4 Å². The molecule has 0 radical (unpaired) electrons. The first-order valence-electron chi connectivity index (χ1n) is 6.81. The second kappa shape index (κ2) is 7.02. The van der Waals surface area contributed by atoms with E-state index < -0.39 is 0 Å². The molecule has 118 valence electrons. The van der Waals surface area contributed by atoms with Gasteiger partial charge in [0.25, 0.3) is 5.91 Å². The Hall–Kier alpha value is -2.73. The first-order chi connectivity index (χ1) is 11.2. The van der Waals surface area contributed by atoms with Crippen LogP contribution < -0.4 is 14.8 Å². The Kier molecular flexibility index (Phi) is 4.63. The minimum absolute atomic E-state index is 0.190. The summed E-state index contributed by atoms with van der Waals surface area (Å²) in [7, 11) is 0. The normalized spacial score (nSPS) is 12.4. The first kappa shape index (κ1) is 15.2. The molecule has 0 saturated carbocycles. The zero-order valence-corrected chi connectivity index (χ0v) is 12.7. The molecule has 1 amide bonds. The predicted octanol–water partition coefficient (Wildman–Crippen LogP) is 3.06. The van der Waals surface area contributed by atoms with Crippen LogP contribution in [-0.4, -0.2) is 25.5 Å². The summed E-state index contributed by atoms with van der Waals surface area (Å²) in [6.45, 7) is -0.00616. The fourth-order valence-electron chi connectivity index (χ4n) is 1.91. The highest BCUT2D eigenvalue weighted by Crippen LogP contribution is 2.34. The number of amides is 1. The number of halogens is 1. The summed E-state index contributed by atoms with van der Waals surface area (Å²) in [6, 6.07) is 12.2. The molecule has 0 unspecified atom stereocenters. The van der Waals surface area contributed by atoms with E-state index in [9.17, 15) is 4.79 Å². The van der Waals surface area contributed by atoms with Crippen LogP contribution >= 0.6 is 11.6 Å². The molecule has 0 aromatic heterocycles. The largest absolute Gasteiger partial charge is 0.454 e. The number of anilines is 1. The van der Waals surface area contributed by atoms with Gasteiger partial charge in [-0.25, -0.2) is 0 Å². The number of carbonyl (C=O) groups is 1. The van der Waals surface area contributed by atoms with Gasteiger partial charge < -0.3 is 19.6 Å². The molecule has 0 spiro atoms. The molecular formula is C16H13ClN2O4. The van der Waals surface area contributed by atoms with Crippen LogP contribution in [0.1, 0.15) is 5.56 Å². The minimum atomic E-state index is -0.322. The Balaban J connectivity index is 1.47. The van der Waals surface area contributed by atoms with Gasteiger partial charge in [0, 0.05) is 16.8 Å². The zero-order valence-electron chi connectivity index (χ0n) is 12.0. The average molecular weight is 333 g/mol. The van der Waals surface area contributed by atoms with Crippen LogP contribution in [0.15, 0.2) is 47.6 Å². The zero-order chi connectivity index (χ0) is 16.1. The van der Waals surface area contributed by atoms with Gasteiger partial charge in [-0.3, -0.25) is 4.79 Å². The number of fused-ring (bicyclic) bond motifs is 1. The van der Waals surface area contributed by atoms with Gasteiger partial charge in [0.2, 0.25) is 6.79 Å². The fourth-order valence-corrected chi connectivity index (χ4v) is 2.04. The van der Waals surface area contributed by atoms with Crippen LogP contribution in [0.4, 0.5) is 5.69 Å².